The third kappa shape index (κ3) is 3.73. The number of benzene rings is 2. The molecule has 0 aliphatic carbocycles. The number of rotatable bonds is 5. The number of thiazole rings is 1. The lowest BCUT2D eigenvalue weighted by Gasteiger charge is -2.20. The van der Waals surface area contributed by atoms with Crippen molar-refractivity contribution in [2.45, 2.75) is 25.7 Å². The van der Waals surface area contributed by atoms with Gasteiger partial charge in [0, 0.05) is 24.3 Å². The second kappa shape index (κ2) is 7.71. The van der Waals surface area contributed by atoms with Crippen LogP contribution in [0, 0.1) is 6.92 Å². The van der Waals surface area contributed by atoms with Crippen molar-refractivity contribution >= 4 is 37.4 Å². The minimum Gasteiger partial charge on any atom is -0.744 e. The normalized spacial score (nSPS) is 11.4. The SMILES string of the molecule is CCN(CC)c1ccc(-c2nc3ccc(C)c(S(=O)(=O)[O-])c3s2)cc1.[NH4+]. The molecule has 0 atom stereocenters. The molecule has 0 radical (unpaired) electrons. The van der Waals surface area contributed by atoms with Crippen LogP contribution < -0.4 is 11.1 Å². The Kier molecular flexibility index (Phi) is 6.02. The fraction of sp³-hybridized carbons (Fsp3) is 0.278. The molecule has 0 aliphatic rings. The zero-order valence-electron chi connectivity index (χ0n) is 15.3. The van der Waals surface area contributed by atoms with Crippen molar-refractivity contribution in [1.29, 1.82) is 0 Å². The Morgan fingerprint density at radius 2 is 1.69 bits per heavy atom. The second-order valence-corrected chi connectivity index (χ2v) is 8.07. The van der Waals surface area contributed by atoms with Gasteiger partial charge in [-0.2, -0.15) is 0 Å². The highest BCUT2D eigenvalue weighted by Crippen LogP contribution is 2.36. The molecule has 8 heteroatoms. The molecule has 4 N–H and O–H groups in total. The summed E-state index contributed by atoms with van der Waals surface area (Å²) in [5, 5.41) is 0.705. The average Bonchev–Trinajstić information content (AvgIpc) is 2.99. The largest absolute Gasteiger partial charge is 0.744 e. The molecule has 0 amide bonds. The second-order valence-electron chi connectivity index (χ2n) is 5.75. The fourth-order valence-electron chi connectivity index (χ4n) is 2.90. The summed E-state index contributed by atoms with van der Waals surface area (Å²) in [4.78, 5) is 6.60. The van der Waals surface area contributed by atoms with Gasteiger partial charge in [-0.15, -0.1) is 11.3 Å². The van der Waals surface area contributed by atoms with Crippen molar-refractivity contribution in [1.82, 2.24) is 11.1 Å². The average molecular weight is 394 g/mol. The van der Waals surface area contributed by atoms with Crippen molar-refractivity contribution in [3.05, 3.63) is 42.0 Å². The van der Waals surface area contributed by atoms with Crippen LogP contribution in [0.5, 0.6) is 0 Å². The van der Waals surface area contributed by atoms with Crippen LogP contribution in [0.1, 0.15) is 19.4 Å². The Bertz CT molecular complexity index is 1010. The number of nitrogens with zero attached hydrogens (tertiary/aromatic N) is 2. The van der Waals surface area contributed by atoms with Gasteiger partial charge in [0.15, 0.2) is 0 Å². The summed E-state index contributed by atoms with van der Waals surface area (Å²) < 4.78 is 35.3. The lowest BCUT2D eigenvalue weighted by Crippen LogP contribution is -2.21. The van der Waals surface area contributed by atoms with E-state index in [2.05, 4.69) is 23.7 Å². The topological polar surface area (TPSA) is 110 Å². The van der Waals surface area contributed by atoms with E-state index in [1.165, 1.54) is 11.3 Å². The van der Waals surface area contributed by atoms with Crippen LogP contribution in [0.3, 0.4) is 0 Å². The van der Waals surface area contributed by atoms with Crippen LogP contribution >= 0.6 is 11.3 Å². The van der Waals surface area contributed by atoms with E-state index >= 15 is 0 Å². The van der Waals surface area contributed by atoms with Crippen molar-refractivity contribution in [2.75, 3.05) is 18.0 Å². The van der Waals surface area contributed by atoms with Gasteiger partial charge in [-0.05, 0) is 56.7 Å². The van der Waals surface area contributed by atoms with Crippen molar-refractivity contribution < 1.29 is 13.0 Å². The van der Waals surface area contributed by atoms with Crippen molar-refractivity contribution in [2.24, 2.45) is 0 Å². The molecule has 3 aromatic rings. The first-order chi connectivity index (χ1) is 11.8. The molecule has 0 unspecified atom stereocenters. The fourth-order valence-corrected chi connectivity index (χ4v) is 5.19. The summed E-state index contributed by atoms with van der Waals surface area (Å²) in [7, 11) is -4.54. The molecule has 1 aromatic heterocycles. The van der Waals surface area contributed by atoms with Gasteiger partial charge in [-0.3, -0.25) is 0 Å². The first kappa shape index (κ1) is 20.3. The zero-order chi connectivity index (χ0) is 18.2. The molecule has 26 heavy (non-hydrogen) atoms. The highest BCUT2D eigenvalue weighted by atomic mass is 32.2. The van der Waals surface area contributed by atoms with E-state index in [0.29, 0.717) is 20.8 Å². The molecule has 140 valence electrons. The summed E-state index contributed by atoms with van der Waals surface area (Å²) in [5.74, 6) is 0. The maximum absolute atomic E-state index is 11.6. The number of quaternary nitrogens is 1. The van der Waals surface area contributed by atoms with Crippen molar-refractivity contribution in [3.8, 4) is 10.6 Å². The molecule has 0 bridgehead atoms. The van der Waals surface area contributed by atoms with Crippen LogP contribution in [-0.4, -0.2) is 31.0 Å². The van der Waals surface area contributed by atoms with Crippen LogP contribution in [-0.2, 0) is 10.1 Å². The smallest absolute Gasteiger partial charge is 0.126 e. The molecular formula is C18H23N3O3S2. The number of hydrogen-bond donors (Lipinski definition) is 1. The van der Waals surface area contributed by atoms with Gasteiger partial charge < -0.3 is 15.6 Å². The van der Waals surface area contributed by atoms with Gasteiger partial charge in [0.1, 0.15) is 15.1 Å². The summed E-state index contributed by atoms with van der Waals surface area (Å²) in [6, 6.07) is 11.4. The quantitative estimate of drug-likeness (QED) is 0.646. The molecule has 0 saturated carbocycles. The Labute approximate surface area is 157 Å². The number of aryl methyl sites for hydroxylation is 1. The molecule has 1 heterocycles. The minimum atomic E-state index is -4.54. The van der Waals surface area contributed by atoms with Crippen LogP contribution in [0.4, 0.5) is 5.69 Å². The van der Waals surface area contributed by atoms with E-state index in [1.807, 2.05) is 24.3 Å². The van der Waals surface area contributed by atoms with Gasteiger partial charge in [0.25, 0.3) is 0 Å². The Morgan fingerprint density at radius 3 is 2.23 bits per heavy atom. The maximum atomic E-state index is 11.6. The number of aromatic nitrogens is 1. The van der Waals surface area contributed by atoms with Gasteiger partial charge >= 0.3 is 0 Å². The van der Waals surface area contributed by atoms with Gasteiger partial charge in [0.05, 0.1) is 15.1 Å². The van der Waals surface area contributed by atoms with Gasteiger partial charge in [-0.1, -0.05) is 6.07 Å². The third-order valence-electron chi connectivity index (χ3n) is 4.20. The third-order valence-corrected chi connectivity index (χ3v) is 6.49. The molecule has 0 fully saturated rings. The van der Waals surface area contributed by atoms with Crippen LogP contribution in [0.15, 0.2) is 41.3 Å². The van der Waals surface area contributed by atoms with E-state index in [-0.39, 0.29) is 11.0 Å². The Morgan fingerprint density at radius 1 is 1.08 bits per heavy atom. The van der Waals surface area contributed by atoms with E-state index in [9.17, 15) is 13.0 Å². The van der Waals surface area contributed by atoms with Gasteiger partial charge in [-0.25, -0.2) is 13.4 Å². The molecule has 3 rings (SSSR count). The highest BCUT2D eigenvalue weighted by Gasteiger charge is 2.16. The standard InChI is InChI=1S/C18H20N2O3S2.H3N/c1-4-20(5-2)14-9-7-13(8-10-14)18-19-15-11-6-12(3)17(16(15)24-18)25(21,22)23;/h6-11H,4-5H2,1-3H3,(H,21,22,23);1H3. The molecule has 2 aromatic carbocycles. The summed E-state index contributed by atoms with van der Waals surface area (Å²) >= 11 is 1.24. The van der Waals surface area contributed by atoms with E-state index in [4.69, 9.17) is 0 Å². The zero-order valence-corrected chi connectivity index (χ0v) is 16.9. The predicted molar refractivity (Wildman–Crippen MR) is 107 cm³/mol. The minimum absolute atomic E-state index is 0. The monoisotopic (exact) mass is 393 g/mol. The van der Waals surface area contributed by atoms with E-state index in [1.54, 1.807) is 19.1 Å². The molecular weight excluding hydrogens is 370 g/mol. The molecule has 0 aliphatic heterocycles. The summed E-state index contributed by atoms with van der Waals surface area (Å²) in [6.07, 6.45) is 0. The number of anilines is 1. The number of hydrogen-bond acceptors (Lipinski definition) is 6. The first-order valence-electron chi connectivity index (χ1n) is 8.06. The van der Waals surface area contributed by atoms with Gasteiger partial charge in [0.2, 0.25) is 0 Å². The molecule has 0 saturated heterocycles. The summed E-state index contributed by atoms with van der Waals surface area (Å²) in [6.45, 7) is 7.71. The van der Waals surface area contributed by atoms with E-state index in [0.717, 1.165) is 24.3 Å². The maximum Gasteiger partial charge on any atom is 0.126 e. The van der Waals surface area contributed by atoms with E-state index < -0.39 is 10.1 Å². The molecule has 6 nitrogen and oxygen atoms in total. The van der Waals surface area contributed by atoms with Crippen LogP contribution in [0.2, 0.25) is 0 Å². The predicted octanol–water partition coefficient (Wildman–Crippen LogP) is 4.40. The first-order valence-corrected chi connectivity index (χ1v) is 10.3. The highest BCUT2D eigenvalue weighted by molar-refractivity contribution is 7.86. The molecule has 0 spiro atoms. The lowest BCUT2D eigenvalue weighted by atomic mass is 10.2. The Balaban J connectivity index is 0.00000243. The Hall–Kier alpha value is -2.00. The van der Waals surface area contributed by atoms with Crippen molar-refractivity contribution in [3.63, 3.8) is 0 Å². The summed E-state index contributed by atoms with van der Waals surface area (Å²) in [5.41, 5.74) is 3.03. The number of fused-ring (bicyclic) bond motifs is 1. The lowest BCUT2D eigenvalue weighted by molar-refractivity contribution is 0.463. The van der Waals surface area contributed by atoms with Crippen LogP contribution in [0.25, 0.3) is 20.8 Å².